The Balaban J connectivity index is 2.04. The van der Waals surface area contributed by atoms with Gasteiger partial charge in [-0.2, -0.15) is 13.2 Å². The number of fused-ring (bicyclic) bond motifs is 1. The number of benzene rings is 1. The van der Waals surface area contributed by atoms with Gasteiger partial charge < -0.3 is 19.8 Å². The maximum atomic E-state index is 14.2. The molecule has 0 aliphatic carbocycles. The second-order valence-electron chi connectivity index (χ2n) is 8.29. The topological polar surface area (TPSA) is 62.3 Å². The van der Waals surface area contributed by atoms with Crippen molar-refractivity contribution in [3.8, 4) is 11.5 Å². The van der Waals surface area contributed by atoms with Crippen LogP contribution in [0.15, 0.2) is 30.5 Å². The first-order valence-corrected chi connectivity index (χ1v) is 13.5. The summed E-state index contributed by atoms with van der Waals surface area (Å²) in [5, 5.41) is -0.435. The van der Waals surface area contributed by atoms with Gasteiger partial charge in [-0.1, -0.05) is 31.2 Å². The summed E-state index contributed by atoms with van der Waals surface area (Å²) >= 11 is 6.04. The molecule has 0 radical (unpaired) electrons. The van der Waals surface area contributed by atoms with Gasteiger partial charge in [0, 0.05) is 38.7 Å². The van der Waals surface area contributed by atoms with Crippen LogP contribution in [0, 0.1) is 5.82 Å². The van der Waals surface area contributed by atoms with Crippen molar-refractivity contribution in [2.24, 2.45) is 0 Å². The Labute approximate surface area is 182 Å². The number of nitrogen functional groups attached to an aromatic ring is 1. The third kappa shape index (κ3) is 5.69. The van der Waals surface area contributed by atoms with Crippen LogP contribution in [-0.4, -0.2) is 24.2 Å². The molecule has 0 saturated heterocycles. The summed E-state index contributed by atoms with van der Waals surface area (Å²) in [5.41, 5.74) is 4.62. The second kappa shape index (κ2) is 8.68. The van der Waals surface area contributed by atoms with Crippen LogP contribution < -0.4 is 10.5 Å². The van der Waals surface area contributed by atoms with Crippen LogP contribution in [0.1, 0.15) is 5.56 Å². The molecular formula is C20H22ClF4N3O2Si. The molecule has 0 aliphatic rings. The number of alkyl halides is 3. The number of rotatable bonds is 7. The lowest BCUT2D eigenvalue weighted by atomic mass is 10.2. The van der Waals surface area contributed by atoms with E-state index in [1.165, 1.54) is 16.7 Å². The number of nitrogens with two attached hydrogens (primary N) is 1. The maximum Gasteiger partial charge on any atom is 0.418 e. The van der Waals surface area contributed by atoms with Gasteiger partial charge >= 0.3 is 6.18 Å². The fourth-order valence-electron chi connectivity index (χ4n) is 2.88. The molecule has 0 saturated carbocycles. The Kier molecular flexibility index (Phi) is 6.54. The lowest BCUT2D eigenvalue weighted by Gasteiger charge is -2.15. The summed E-state index contributed by atoms with van der Waals surface area (Å²) in [5.74, 6) is -1.37. The molecule has 0 spiro atoms. The van der Waals surface area contributed by atoms with Gasteiger partial charge in [0.15, 0.2) is 11.6 Å². The van der Waals surface area contributed by atoms with Crippen molar-refractivity contribution in [3.05, 3.63) is 47.0 Å². The van der Waals surface area contributed by atoms with Gasteiger partial charge in [-0.05, 0) is 18.2 Å². The molecule has 5 nitrogen and oxygen atoms in total. The molecule has 3 rings (SSSR count). The number of hydrogen-bond donors (Lipinski definition) is 1. The third-order valence-corrected chi connectivity index (χ3v) is 6.37. The Morgan fingerprint density at radius 1 is 1.16 bits per heavy atom. The van der Waals surface area contributed by atoms with Crippen molar-refractivity contribution in [1.29, 1.82) is 0 Å². The third-order valence-electron chi connectivity index (χ3n) is 4.47. The second-order valence-corrected chi connectivity index (χ2v) is 14.3. The van der Waals surface area contributed by atoms with E-state index in [9.17, 15) is 17.6 Å². The molecule has 2 aromatic heterocycles. The van der Waals surface area contributed by atoms with E-state index < -0.39 is 25.6 Å². The van der Waals surface area contributed by atoms with Gasteiger partial charge in [0.25, 0.3) is 0 Å². The first kappa shape index (κ1) is 23.4. The summed E-state index contributed by atoms with van der Waals surface area (Å²) < 4.78 is 67.8. The predicted octanol–water partition coefficient (Wildman–Crippen LogP) is 6.53. The lowest BCUT2D eigenvalue weighted by molar-refractivity contribution is -0.136. The summed E-state index contributed by atoms with van der Waals surface area (Å²) in [4.78, 5) is 4.04. The minimum Gasteiger partial charge on any atom is -0.453 e. The highest BCUT2D eigenvalue weighted by atomic mass is 35.5. The number of ether oxygens (including phenoxy) is 2. The first-order valence-electron chi connectivity index (χ1n) is 9.42. The summed E-state index contributed by atoms with van der Waals surface area (Å²) in [6.07, 6.45) is -3.80. The number of pyridine rings is 1. The van der Waals surface area contributed by atoms with Gasteiger partial charge in [-0.25, -0.2) is 9.37 Å². The van der Waals surface area contributed by atoms with Gasteiger partial charge in [0.2, 0.25) is 0 Å². The number of nitrogens with zero attached hydrogens (tertiary/aromatic N) is 2. The molecule has 0 aliphatic heterocycles. The SMILES string of the molecule is C[Si](C)(C)CCOCn1cc(C(F)(F)F)c2c(Oc3ccc(N)cc3F)cc(Cl)nc21. The van der Waals surface area contributed by atoms with E-state index in [4.69, 9.17) is 26.8 Å². The van der Waals surface area contributed by atoms with Crippen molar-refractivity contribution in [2.75, 3.05) is 12.3 Å². The predicted molar refractivity (Wildman–Crippen MR) is 115 cm³/mol. The quantitative estimate of drug-likeness (QED) is 0.139. The van der Waals surface area contributed by atoms with Crippen LogP contribution in [0.2, 0.25) is 30.8 Å². The Morgan fingerprint density at radius 3 is 2.48 bits per heavy atom. The first-order chi connectivity index (χ1) is 14.3. The van der Waals surface area contributed by atoms with Gasteiger partial charge in [0.1, 0.15) is 23.3 Å². The minimum absolute atomic E-state index is 0.0707. The smallest absolute Gasteiger partial charge is 0.418 e. The Bertz CT molecular complexity index is 1100. The number of hydrogen-bond acceptors (Lipinski definition) is 4. The highest BCUT2D eigenvalue weighted by molar-refractivity contribution is 6.76. The molecule has 0 bridgehead atoms. The van der Waals surface area contributed by atoms with Crippen LogP contribution in [-0.2, 0) is 17.6 Å². The van der Waals surface area contributed by atoms with E-state index >= 15 is 0 Å². The van der Waals surface area contributed by atoms with E-state index in [0.717, 1.165) is 24.4 Å². The zero-order valence-electron chi connectivity index (χ0n) is 17.2. The van der Waals surface area contributed by atoms with E-state index in [-0.39, 0.29) is 40.1 Å². The maximum absolute atomic E-state index is 14.2. The molecule has 3 aromatic rings. The molecule has 0 atom stereocenters. The highest BCUT2D eigenvalue weighted by Crippen LogP contribution is 2.42. The zero-order chi connectivity index (χ0) is 23.0. The van der Waals surface area contributed by atoms with E-state index in [2.05, 4.69) is 24.6 Å². The van der Waals surface area contributed by atoms with Crippen LogP contribution in [0.4, 0.5) is 23.2 Å². The average molecular weight is 476 g/mol. The molecule has 2 N–H and O–H groups in total. The van der Waals surface area contributed by atoms with Gasteiger partial charge in [-0.3, -0.25) is 0 Å². The lowest BCUT2D eigenvalue weighted by Crippen LogP contribution is -2.22. The van der Waals surface area contributed by atoms with Crippen molar-refractivity contribution < 1.29 is 27.0 Å². The van der Waals surface area contributed by atoms with Crippen LogP contribution >= 0.6 is 11.6 Å². The molecule has 0 fully saturated rings. The molecule has 0 amide bonds. The molecule has 168 valence electrons. The normalized spacial score (nSPS) is 12.5. The number of halogens is 5. The minimum atomic E-state index is -4.70. The fourth-order valence-corrected chi connectivity index (χ4v) is 3.81. The zero-order valence-corrected chi connectivity index (χ0v) is 18.9. The summed E-state index contributed by atoms with van der Waals surface area (Å²) in [7, 11) is -1.36. The molecule has 11 heteroatoms. The van der Waals surface area contributed by atoms with Gasteiger partial charge in [-0.15, -0.1) is 0 Å². The molecule has 2 heterocycles. The van der Waals surface area contributed by atoms with Crippen molar-refractivity contribution >= 4 is 36.4 Å². The summed E-state index contributed by atoms with van der Waals surface area (Å²) in [6.45, 7) is 6.79. The highest BCUT2D eigenvalue weighted by Gasteiger charge is 2.37. The molecule has 31 heavy (non-hydrogen) atoms. The van der Waals surface area contributed by atoms with Crippen LogP contribution in [0.25, 0.3) is 11.0 Å². The average Bonchev–Trinajstić information content (AvgIpc) is 2.99. The van der Waals surface area contributed by atoms with E-state index in [1.54, 1.807) is 0 Å². The molecule has 0 unspecified atom stereocenters. The Hall–Kier alpha value is -2.30. The molecule has 1 aromatic carbocycles. The fraction of sp³-hybridized carbons (Fsp3) is 0.350. The van der Waals surface area contributed by atoms with Crippen molar-refractivity contribution in [1.82, 2.24) is 9.55 Å². The standard InChI is InChI=1S/C20H22ClF4N3O2Si/c1-31(2,3)7-6-29-11-28-10-13(20(23,24)25)18-16(9-17(21)27-19(18)28)30-15-5-4-12(26)8-14(15)22/h4-5,8-10H,6-7,11,26H2,1-3H3. The number of anilines is 1. The van der Waals surface area contributed by atoms with Crippen LogP contribution in [0.3, 0.4) is 0 Å². The Morgan fingerprint density at radius 2 is 1.87 bits per heavy atom. The molecular weight excluding hydrogens is 454 g/mol. The van der Waals surface area contributed by atoms with Crippen LogP contribution in [0.5, 0.6) is 11.5 Å². The van der Waals surface area contributed by atoms with Crippen molar-refractivity contribution in [3.63, 3.8) is 0 Å². The van der Waals surface area contributed by atoms with E-state index in [0.29, 0.717) is 6.61 Å². The van der Waals surface area contributed by atoms with Crippen molar-refractivity contribution in [2.45, 2.75) is 38.6 Å². The number of aromatic nitrogens is 2. The monoisotopic (exact) mass is 475 g/mol. The van der Waals surface area contributed by atoms with Gasteiger partial charge in [0.05, 0.1) is 10.9 Å². The summed E-state index contributed by atoms with van der Waals surface area (Å²) in [6, 6.07) is 5.59. The largest absolute Gasteiger partial charge is 0.453 e. The van der Waals surface area contributed by atoms with E-state index in [1.807, 2.05) is 0 Å².